The first-order chi connectivity index (χ1) is 12.1. The van der Waals surface area contributed by atoms with Gasteiger partial charge in [-0.05, 0) is 42.7 Å². The Bertz CT molecular complexity index is 904. The molecule has 0 spiro atoms. The molecule has 2 aromatic rings. The number of aromatic amines is 1. The van der Waals surface area contributed by atoms with Gasteiger partial charge in [0.2, 0.25) is 0 Å². The number of carbonyl (C=O) groups excluding carboxylic acids is 1. The standard InChI is InChI=1S/C19H20N2O4/c22-17-13-7-3-1-5-11(13)9-14(20-17)18(23)21-15-8-4-2-6-12(15)10-16(21)19(24)25/h1,3,5,7,9,12,15-16H,2,4,6,8,10H2,(H,20,22)(H,24,25)/t12-,15+,16-/m0/s1. The number of aromatic nitrogens is 1. The van der Waals surface area contributed by atoms with Gasteiger partial charge in [0.15, 0.2) is 0 Å². The molecule has 1 aromatic carbocycles. The average molecular weight is 340 g/mol. The molecule has 6 nitrogen and oxygen atoms in total. The third-order valence-electron chi connectivity index (χ3n) is 5.59. The molecule has 0 radical (unpaired) electrons. The van der Waals surface area contributed by atoms with Gasteiger partial charge in [0, 0.05) is 11.4 Å². The van der Waals surface area contributed by atoms with Crippen LogP contribution in [0.4, 0.5) is 0 Å². The number of likely N-dealkylation sites (tertiary alicyclic amines) is 1. The minimum atomic E-state index is -0.967. The first-order valence-electron chi connectivity index (χ1n) is 8.74. The van der Waals surface area contributed by atoms with Gasteiger partial charge >= 0.3 is 5.97 Å². The van der Waals surface area contributed by atoms with Crippen LogP contribution >= 0.6 is 0 Å². The molecule has 2 fully saturated rings. The smallest absolute Gasteiger partial charge is 0.326 e. The molecule has 2 N–H and O–H groups in total. The maximum Gasteiger partial charge on any atom is 0.326 e. The Morgan fingerprint density at radius 3 is 2.72 bits per heavy atom. The SMILES string of the molecule is O=C(O)[C@@H]1C[C@@H]2CCCC[C@H]2N1C(=O)c1cc2ccccc2c(=O)[nH]1. The van der Waals surface area contributed by atoms with E-state index in [1.165, 1.54) is 4.90 Å². The number of carbonyl (C=O) groups is 2. The van der Waals surface area contributed by atoms with Crippen molar-refractivity contribution in [2.45, 2.75) is 44.2 Å². The third-order valence-corrected chi connectivity index (χ3v) is 5.59. The van der Waals surface area contributed by atoms with E-state index in [0.29, 0.717) is 17.2 Å². The molecule has 1 saturated carbocycles. The van der Waals surface area contributed by atoms with E-state index < -0.39 is 12.0 Å². The summed E-state index contributed by atoms with van der Waals surface area (Å²) in [5.74, 6) is -1.11. The van der Waals surface area contributed by atoms with Gasteiger partial charge in [-0.2, -0.15) is 0 Å². The van der Waals surface area contributed by atoms with Gasteiger partial charge in [0.05, 0.1) is 0 Å². The van der Waals surface area contributed by atoms with Crippen LogP contribution in [0.25, 0.3) is 10.8 Å². The number of carboxylic acid groups (broad SMARTS) is 1. The summed E-state index contributed by atoms with van der Waals surface area (Å²) >= 11 is 0. The zero-order chi connectivity index (χ0) is 17.6. The van der Waals surface area contributed by atoms with Crippen molar-refractivity contribution in [2.24, 2.45) is 5.92 Å². The summed E-state index contributed by atoms with van der Waals surface area (Å²) in [6.07, 6.45) is 4.39. The van der Waals surface area contributed by atoms with Crippen LogP contribution < -0.4 is 5.56 Å². The molecule has 0 bridgehead atoms. The van der Waals surface area contributed by atoms with E-state index in [9.17, 15) is 19.5 Å². The van der Waals surface area contributed by atoms with Crippen molar-refractivity contribution in [1.82, 2.24) is 9.88 Å². The molecule has 0 unspecified atom stereocenters. The van der Waals surface area contributed by atoms with Crippen molar-refractivity contribution in [2.75, 3.05) is 0 Å². The summed E-state index contributed by atoms with van der Waals surface area (Å²) in [7, 11) is 0. The average Bonchev–Trinajstić information content (AvgIpc) is 3.01. The van der Waals surface area contributed by atoms with Gasteiger partial charge in [-0.3, -0.25) is 9.59 Å². The van der Waals surface area contributed by atoms with Crippen LogP contribution in [0.15, 0.2) is 35.1 Å². The van der Waals surface area contributed by atoms with Crippen LogP contribution in [0.5, 0.6) is 0 Å². The summed E-state index contributed by atoms with van der Waals surface area (Å²) in [5, 5.41) is 10.8. The highest BCUT2D eigenvalue weighted by Crippen LogP contribution is 2.40. The highest BCUT2D eigenvalue weighted by atomic mass is 16.4. The van der Waals surface area contributed by atoms with Gasteiger partial charge in [-0.1, -0.05) is 31.0 Å². The summed E-state index contributed by atoms with van der Waals surface area (Å²) in [5.41, 5.74) is -0.158. The number of aliphatic carboxylic acids is 1. The van der Waals surface area contributed by atoms with E-state index in [4.69, 9.17) is 0 Å². The Balaban J connectivity index is 1.76. The molecule has 1 aromatic heterocycles. The fourth-order valence-corrected chi connectivity index (χ4v) is 4.44. The number of amides is 1. The van der Waals surface area contributed by atoms with Crippen LogP contribution in [-0.2, 0) is 4.79 Å². The predicted molar refractivity (Wildman–Crippen MR) is 92.5 cm³/mol. The number of pyridine rings is 1. The molecular weight excluding hydrogens is 320 g/mol. The Labute approximate surface area is 144 Å². The molecule has 25 heavy (non-hydrogen) atoms. The van der Waals surface area contributed by atoms with Crippen molar-refractivity contribution < 1.29 is 14.7 Å². The summed E-state index contributed by atoms with van der Waals surface area (Å²) in [4.78, 5) is 41.2. The number of carboxylic acids is 1. The highest BCUT2D eigenvalue weighted by Gasteiger charge is 2.47. The number of fused-ring (bicyclic) bond motifs is 2. The molecule has 1 aliphatic carbocycles. The van der Waals surface area contributed by atoms with Crippen LogP contribution in [0.1, 0.15) is 42.6 Å². The maximum absolute atomic E-state index is 13.1. The lowest BCUT2D eigenvalue weighted by atomic mass is 9.84. The van der Waals surface area contributed by atoms with E-state index in [1.807, 2.05) is 6.07 Å². The fraction of sp³-hybridized carbons (Fsp3) is 0.421. The number of nitrogens with one attached hydrogen (secondary N) is 1. The molecule has 6 heteroatoms. The van der Waals surface area contributed by atoms with Crippen molar-refractivity contribution in [1.29, 1.82) is 0 Å². The number of nitrogens with zero attached hydrogens (tertiary/aromatic N) is 1. The van der Waals surface area contributed by atoms with Crippen molar-refractivity contribution in [3.8, 4) is 0 Å². The van der Waals surface area contributed by atoms with E-state index in [2.05, 4.69) is 4.98 Å². The molecule has 130 valence electrons. The maximum atomic E-state index is 13.1. The van der Waals surface area contributed by atoms with Gasteiger partial charge < -0.3 is 15.0 Å². The molecule has 2 aliphatic rings. The summed E-state index contributed by atoms with van der Waals surface area (Å²) in [6, 6.07) is 7.86. The first kappa shape index (κ1) is 15.9. The van der Waals surface area contributed by atoms with Crippen molar-refractivity contribution in [3.05, 3.63) is 46.4 Å². The lowest BCUT2D eigenvalue weighted by Crippen LogP contribution is -2.46. The minimum absolute atomic E-state index is 0.0441. The zero-order valence-electron chi connectivity index (χ0n) is 13.8. The second-order valence-corrected chi connectivity index (χ2v) is 7.01. The Kier molecular flexibility index (Phi) is 3.82. The highest BCUT2D eigenvalue weighted by molar-refractivity contribution is 5.98. The number of benzene rings is 1. The van der Waals surface area contributed by atoms with E-state index in [0.717, 1.165) is 25.7 Å². The quantitative estimate of drug-likeness (QED) is 0.878. The van der Waals surface area contributed by atoms with Gasteiger partial charge in [0.1, 0.15) is 11.7 Å². The molecule has 3 atom stereocenters. The first-order valence-corrected chi connectivity index (χ1v) is 8.74. The van der Waals surface area contributed by atoms with Crippen LogP contribution in [0, 0.1) is 5.92 Å². The largest absolute Gasteiger partial charge is 0.480 e. The van der Waals surface area contributed by atoms with E-state index in [1.54, 1.807) is 24.3 Å². The molecule has 1 amide bonds. The lowest BCUT2D eigenvalue weighted by Gasteiger charge is -2.32. The Morgan fingerprint density at radius 1 is 1.16 bits per heavy atom. The Hall–Kier alpha value is -2.63. The molecule has 1 saturated heterocycles. The summed E-state index contributed by atoms with van der Waals surface area (Å²) < 4.78 is 0. The second kappa shape index (κ2) is 6.02. The predicted octanol–water partition coefficient (Wildman–Crippen LogP) is 2.39. The molecule has 2 heterocycles. The van der Waals surface area contributed by atoms with Crippen LogP contribution in [-0.4, -0.2) is 39.0 Å². The van der Waals surface area contributed by atoms with Gasteiger partial charge in [-0.15, -0.1) is 0 Å². The molecule has 1 aliphatic heterocycles. The number of hydrogen-bond donors (Lipinski definition) is 2. The normalized spacial score (nSPS) is 25.8. The molecular formula is C19H20N2O4. The van der Waals surface area contributed by atoms with Crippen molar-refractivity contribution in [3.63, 3.8) is 0 Å². The number of hydrogen-bond acceptors (Lipinski definition) is 3. The van der Waals surface area contributed by atoms with Gasteiger partial charge in [0.25, 0.3) is 11.5 Å². The summed E-state index contributed by atoms with van der Waals surface area (Å²) in [6.45, 7) is 0. The molecule has 4 rings (SSSR count). The van der Waals surface area contributed by atoms with Crippen LogP contribution in [0.3, 0.4) is 0 Å². The van der Waals surface area contributed by atoms with Crippen molar-refractivity contribution >= 4 is 22.6 Å². The van der Waals surface area contributed by atoms with E-state index >= 15 is 0 Å². The topological polar surface area (TPSA) is 90.5 Å². The number of rotatable bonds is 2. The minimum Gasteiger partial charge on any atom is -0.480 e. The third kappa shape index (κ3) is 2.62. The van der Waals surface area contributed by atoms with E-state index in [-0.39, 0.29) is 29.1 Å². The lowest BCUT2D eigenvalue weighted by molar-refractivity contribution is -0.141. The fourth-order valence-electron chi connectivity index (χ4n) is 4.44. The monoisotopic (exact) mass is 340 g/mol. The number of H-pyrrole nitrogens is 1. The van der Waals surface area contributed by atoms with Crippen LogP contribution in [0.2, 0.25) is 0 Å². The zero-order valence-corrected chi connectivity index (χ0v) is 13.8. The Morgan fingerprint density at radius 2 is 1.92 bits per heavy atom. The second-order valence-electron chi connectivity index (χ2n) is 7.01. The van der Waals surface area contributed by atoms with Gasteiger partial charge in [-0.25, -0.2) is 4.79 Å².